The number of aryl methyl sites for hydroxylation is 1. The Morgan fingerprint density at radius 3 is 2.57 bits per heavy atom. The molecular formula is C19H22O4. The van der Waals surface area contributed by atoms with E-state index in [4.69, 9.17) is 14.2 Å². The largest absolute Gasteiger partial charge is 0.465 e. The van der Waals surface area contributed by atoms with Gasteiger partial charge in [-0.3, -0.25) is 0 Å². The van der Waals surface area contributed by atoms with Gasteiger partial charge in [0.05, 0.1) is 12.2 Å². The summed E-state index contributed by atoms with van der Waals surface area (Å²) in [5, 5.41) is 0. The third kappa shape index (κ3) is 5.75. The van der Waals surface area contributed by atoms with Gasteiger partial charge in [0.15, 0.2) is 6.29 Å². The zero-order valence-corrected chi connectivity index (χ0v) is 13.5. The third-order valence-corrected chi connectivity index (χ3v) is 3.29. The van der Waals surface area contributed by atoms with Crippen LogP contribution in [0.25, 0.3) is 0 Å². The molecule has 0 saturated heterocycles. The van der Waals surface area contributed by atoms with E-state index in [1.807, 2.05) is 31.2 Å². The minimum absolute atomic E-state index is 0.191. The number of rotatable bonds is 8. The highest BCUT2D eigenvalue weighted by atomic mass is 16.7. The fourth-order valence-corrected chi connectivity index (χ4v) is 2.07. The van der Waals surface area contributed by atoms with Crippen molar-refractivity contribution in [1.29, 1.82) is 0 Å². The molecule has 2 rings (SSSR count). The molecule has 0 aliphatic heterocycles. The first-order valence-electron chi connectivity index (χ1n) is 7.78. The minimum atomic E-state index is -0.405. The van der Waals surface area contributed by atoms with Crippen LogP contribution in [0.2, 0.25) is 0 Å². The fraction of sp³-hybridized carbons (Fsp3) is 0.316. The summed E-state index contributed by atoms with van der Waals surface area (Å²) in [4.78, 5) is 11.7. The maximum atomic E-state index is 11.7. The summed E-state index contributed by atoms with van der Waals surface area (Å²) in [5.74, 6) is 0.427. The lowest BCUT2D eigenvalue weighted by Crippen LogP contribution is -2.20. The van der Waals surface area contributed by atoms with Crippen LogP contribution in [-0.2, 0) is 15.9 Å². The van der Waals surface area contributed by atoms with Gasteiger partial charge in [0.1, 0.15) is 12.4 Å². The van der Waals surface area contributed by atoms with Crippen LogP contribution in [0.1, 0.15) is 29.8 Å². The second kappa shape index (κ2) is 8.96. The Labute approximate surface area is 137 Å². The molecule has 2 aromatic rings. The summed E-state index contributed by atoms with van der Waals surface area (Å²) in [5.41, 5.74) is 1.75. The number of carbonyl (C=O) groups excluding carboxylic acids is 1. The highest BCUT2D eigenvalue weighted by Crippen LogP contribution is 2.15. The summed E-state index contributed by atoms with van der Waals surface area (Å²) >= 11 is 0. The van der Waals surface area contributed by atoms with Crippen molar-refractivity contribution in [3.05, 3.63) is 65.7 Å². The molecule has 1 unspecified atom stereocenters. The molecule has 0 aromatic heterocycles. The van der Waals surface area contributed by atoms with Gasteiger partial charge in [0, 0.05) is 0 Å². The van der Waals surface area contributed by atoms with Crippen LogP contribution in [0.3, 0.4) is 0 Å². The quantitative estimate of drug-likeness (QED) is 0.422. The van der Waals surface area contributed by atoms with Crippen LogP contribution >= 0.6 is 0 Å². The molecular weight excluding hydrogens is 292 g/mol. The van der Waals surface area contributed by atoms with Crippen LogP contribution in [0.5, 0.6) is 5.75 Å². The summed E-state index contributed by atoms with van der Waals surface area (Å²) in [6.45, 7) is 4.39. The van der Waals surface area contributed by atoms with Gasteiger partial charge in [-0.25, -0.2) is 4.79 Å². The first kappa shape index (κ1) is 17.0. The van der Waals surface area contributed by atoms with Crippen LogP contribution in [0, 0.1) is 0 Å². The molecule has 0 heterocycles. The van der Waals surface area contributed by atoms with Crippen molar-refractivity contribution < 1.29 is 19.0 Å². The maximum absolute atomic E-state index is 11.7. The number of carbonyl (C=O) groups is 1. The molecule has 0 aliphatic carbocycles. The number of ether oxygens (including phenoxy) is 3. The van der Waals surface area contributed by atoms with Gasteiger partial charge in [0.2, 0.25) is 0 Å². The lowest BCUT2D eigenvalue weighted by atomic mass is 10.2. The summed E-state index contributed by atoms with van der Waals surface area (Å²) in [6.07, 6.45) is 0.555. The van der Waals surface area contributed by atoms with Gasteiger partial charge in [-0.15, -0.1) is 0 Å². The van der Waals surface area contributed by atoms with Gasteiger partial charge in [-0.2, -0.15) is 0 Å². The van der Waals surface area contributed by atoms with E-state index in [9.17, 15) is 4.79 Å². The van der Waals surface area contributed by atoms with Gasteiger partial charge >= 0.3 is 5.97 Å². The monoisotopic (exact) mass is 314 g/mol. The smallest absolute Gasteiger partial charge is 0.338 e. The average molecular weight is 314 g/mol. The van der Waals surface area contributed by atoms with E-state index in [0.29, 0.717) is 5.56 Å². The van der Waals surface area contributed by atoms with E-state index in [1.54, 1.807) is 24.3 Å². The van der Waals surface area contributed by atoms with E-state index < -0.39 is 6.29 Å². The van der Waals surface area contributed by atoms with E-state index in [-0.39, 0.29) is 19.2 Å². The van der Waals surface area contributed by atoms with Crippen LogP contribution < -0.4 is 4.74 Å². The SMILES string of the molecule is CCc1cccc(OC(C)OCCOC(=O)c2ccccc2)c1. The van der Waals surface area contributed by atoms with Gasteiger partial charge in [0.25, 0.3) is 0 Å². The Morgan fingerprint density at radius 1 is 1.04 bits per heavy atom. The van der Waals surface area contributed by atoms with Crippen molar-refractivity contribution in [2.24, 2.45) is 0 Å². The Kier molecular flexibility index (Phi) is 6.63. The van der Waals surface area contributed by atoms with Gasteiger partial charge in [-0.05, 0) is 43.2 Å². The number of benzene rings is 2. The number of esters is 1. The summed E-state index contributed by atoms with van der Waals surface area (Å²) in [7, 11) is 0. The molecule has 122 valence electrons. The molecule has 0 fully saturated rings. The molecule has 0 radical (unpaired) electrons. The summed E-state index contributed by atoms with van der Waals surface area (Å²) < 4.78 is 16.3. The minimum Gasteiger partial charge on any atom is -0.465 e. The van der Waals surface area contributed by atoms with Gasteiger partial charge < -0.3 is 14.2 Å². The second-order valence-corrected chi connectivity index (χ2v) is 5.06. The highest BCUT2D eigenvalue weighted by Gasteiger charge is 2.08. The van der Waals surface area contributed by atoms with Crippen LogP contribution in [0.4, 0.5) is 0 Å². The lowest BCUT2D eigenvalue weighted by Gasteiger charge is -2.16. The molecule has 0 spiro atoms. The zero-order valence-electron chi connectivity index (χ0n) is 13.5. The van der Waals surface area contributed by atoms with Crippen LogP contribution in [-0.4, -0.2) is 25.5 Å². The molecule has 0 aliphatic rings. The number of hydrogen-bond donors (Lipinski definition) is 0. The second-order valence-electron chi connectivity index (χ2n) is 5.06. The molecule has 0 N–H and O–H groups in total. The topological polar surface area (TPSA) is 44.8 Å². The first-order valence-corrected chi connectivity index (χ1v) is 7.78. The Hall–Kier alpha value is -2.33. The molecule has 23 heavy (non-hydrogen) atoms. The van der Waals surface area contributed by atoms with Crippen molar-refractivity contribution in [2.75, 3.05) is 13.2 Å². The molecule has 4 nitrogen and oxygen atoms in total. The zero-order chi connectivity index (χ0) is 16.5. The summed E-state index contributed by atoms with van der Waals surface area (Å²) in [6, 6.07) is 16.8. The van der Waals surface area contributed by atoms with Crippen molar-refractivity contribution in [2.45, 2.75) is 26.6 Å². The normalized spacial score (nSPS) is 11.7. The standard InChI is InChI=1S/C19H22O4/c1-3-16-8-7-11-18(14-16)23-15(2)21-12-13-22-19(20)17-9-5-4-6-10-17/h4-11,14-15H,3,12-13H2,1-2H3. The molecule has 1 atom stereocenters. The van der Waals surface area contributed by atoms with E-state index in [2.05, 4.69) is 13.0 Å². The van der Waals surface area contributed by atoms with E-state index in [0.717, 1.165) is 12.2 Å². The average Bonchev–Trinajstić information content (AvgIpc) is 2.59. The van der Waals surface area contributed by atoms with Gasteiger partial charge in [-0.1, -0.05) is 37.3 Å². The van der Waals surface area contributed by atoms with Crippen molar-refractivity contribution in [1.82, 2.24) is 0 Å². The first-order chi connectivity index (χ1) is 11.2. The third-order valence-electron chi connectivity index (χ3n) is 3.29. The Bertz CT molecular complexity index is 610. The molecule has 0 bridgehead atoms. The predicted molar refractivity (Wildman–Crippen MR) is 88.6 cm³/mol. The predicted octanol–water partition coefficient (Wildman–Crippen LogP) is 3.85. The van der Waals surface area contributed by atoms with E-state index in [1.165, 1.54) is 5.56 Å². The Morgan fingerprint density at radius 2 is 1.83 bits per heavy atom. The highest BCUT2D eigenvalue weighted by molar-refractivity contribution is 5.89. The molecule has 0 saturated carbocycles. The number of hydrogen-bond acceptors (Lipinski definition) is 4. The van der Waals surface area contributed by atoms with Crippen molar-refractivity contribution in [3.63, 3.8) is 0 Å². The van der Waals surface area contributed by atoms with Crippen molar-refractivity contribution in [3.8, 4) is 5.75 Å². The Balaban J connectivity index is 1.68. The maximum Gasteiger partial charge on any atom is 0.338 e. The lowest BCUT2D eigenvalue weighted by molar-refractivity contribution is -0.0784. The van der Waals surface area contributed by atoms with E-state index >= 15 is 0 Å². The molecule has 4 heteroatoms. The molecule has 0 amide bonds. The molecule has 2 aromatic carbocycles. The van der Waals surface area contributed by atoms with Crippen LogP contribution in [0.15, 0.2) is 54.6 Å². The fourth-order valence-electron chi connectivity index (χ4n) is 2.07. The van der Waals surface area contributed by atoms with Crippen molar-refractivity contribution >= 4 is 5.97 Å².